The maximum atomic E-state index is 12.4. The van der Waals surface area contributed by atoms with E-state index < -0.39 is 28.4 Å². The molecule has 0 aliphatic rings. The number of hydrogen-bond acceptors (Lipinski definition) is 4. The summed E-state index contributed by atoms with van der Waals surface area (Å²) in [6, 6.07) is 9.50. The van der Waals surface area contributed by atoms with Crippen molar-refractivity contribution in [3.63, 3.8) is 0 Å². The van der Waals surface area contributed by atoms with Gasteiger partial charge in [0.05, 0.1) is 5.02 Å². The normalized spacial score (nSPS) is 11.0. The van der Waals surface area contributed by atoms with E-state index >= 15 is 0 Å². The van der Waals surface area contributed by atoms with Crippen molar-refractivity contribution in [2.45, 2.75) is 4.90 Å². The van der Waals surface area contributed by atoms with E-state index in [1.807, 2.05) is 0 Å². The number of aliphatic carboxylic acids is 1. The minimum absolute atomic E-state index is 0.0153. The summed E-state index contributed by atoms with van der Waals surface area (Å²) in [5.41, 5.74) is 0.385. The van der Waals surface area contributed by atoms with E-state index in [2.05, 4.69) is 10.0 Å². The van der Waals surface area contributed by atoms with Crippen molar-refractivity contribution in [3.8, 4) is 0 Å². The monoisotopic (exact) mass is 402 g/mol. The Hall–Kier alpha value is -2.29. The second kappa shape index (κ2) is 7.73. The first-order valence-corrected chi connectivity index (χ1v) is 9.01. The maximum absolute atomic E-state index is 12.4. The predicted octanol–water partition coefficient (Wildman–Crippen LogP) is 2.61. The van der Waals surface area contributed by atoms with Gasteiger partial charge < -0.3 is 10.4 Å². The molecule has 3 N–H and O–H groups in total. The fraction of sp³-hybridized carbons (Fsp3) is 0.0667. The maximum Gasteiger partial charge on any atom is 0.322 e. The van der Waals surface area contributed by atoms with Crippen LogP contribution in [0.15, 0.2) is 47.4 Å². The van der Waals surface area contributed by atoms with Crippen LogP contribution in [0, 0.1) is 0 Å². The third-order valence-electron chi connectivity index (χ3n) is 2.98. The molecule has 0 unspecified atom stereocenters. The Morgan fingerprint density at radius 2 is 1.68 bits per heavy atom. The van der Waals surface area contributed by atoms with Crippen LogP contribution in [0.25, 0.3) is 0 Å². The number of nitrogens with one attached hydrogen (secondary N) is 2. The van der Waals surface area contributed by atoms with Gasteiger partial charge in [0.25, 0.3) is 15.9 Å². The van der Waals surface area contributed by atoms with Crippen LogP contribution in [0.3, 0.4) is 0 Å². The third-order valence-corrected chi connectivity index (χ3v) is 5.08. The highest BCUT2D eigenvalue weighted by molar-refractivity contribution is 7.92. The lowest BCUT2D eigenvalue weighted by molar-refractivity contribution is -0.135. The fourth-order valence-corrected chi connectivity index (χ4v) is 3.66. The van der Waals surface area contributed by atoms with Crippen LogP contribution in [0.1, 0.15) is 10.4 Å². The molecular weight excluding hydrogens is 391 g/mol. The molecule has 0 bridgehead atoms. The lowest BCUT2D eigenvalue weighted by atomic mass is 10.2. The van der Waals surface area contributed by atoms with Gasteiger partial charge in [0.15, 0.2) is 0 Å². The number of carboxylic acid groups (broad SMARTS) is 1. The highest BCUT2D eigenvalue weighted by Crippen LogP contribution is 2.26. The molecule has 10 heteroatoms. The van der Waals surface area contributed by atoms with Crippen molar-refractivity contribution in [3.05, 3.63) is 58.1 Å². The van der Waals surface area contributed by atoms with Crippen molar-refractivity contribution in [1.29, 1.82) is 0 Å². The van der Waals surface area contributed by atoms with E-state index in [0.717, 1.165) is 0 Å². The highest BCUT2D eigenvalue weighted by Gasteiger charge is 2.19. The first-order chi connectivity index (χ1) is 11.7. The van der Waals surface area contributed by atoms with E-state index in [-0.39, 0.29) is 26.2 Å². The summed E-state index contributed by atoms with van der Waals surface area (Å²) < 4.78 is 27.1. The zero-order valence-corrected chi connectivity index (χ0v) is 14.8. The summed E-state index contributed by atoms with van der Waals surface area (Å²) in [5, 5.41) is 10.9. The van der Waals surface area contributed by atoms with E-state index in [4.69, 9.17) is 28.3 Å². The molecule has 1 amide bonds. The van der Waals surface area contributed by atoms with Gasteiger partial charge in [0.1, 0.15) is 11.4 Å². The van der Waals surface area contributed by atoms with Gasteiger partial charge >= 0.3 is 5.97 Å². The first kappa shape index (κ1) is 19.0. The SMILES string of the molecule is O=C(O)CNC(=O)c1ccc(NS(=O)(=O)c2cc(Cl)ccc2Cl)cc1. The van der Waals surface area contributed by atoms with Gasteiger partial charge in [-0.2, -0.15) is 0 Å². The van der Waals surface area contributed by atoms with Crippen molar-refractivity contribution in [2.75, 3.05) is 11.3 Å². The van der Waals surface area contributed by atoms with Crippen LogP contribution < -0.4 is 10.0 Å². The predicted molar refractivity (Wildman–Crippen MR) is 93.7 cm³/mol. The summed E-state index contributed by atoms with van der Waals surface area (Å²) >= 11 is 11.7. The molecule has 0 radical (unpaired) electrons. The Labute approximate surface area is 153 Å². The number of anilines is 1. The number of halogens is 2. The van der Waals surface area contributed by atoms with Crippen LogP contribution in [-0.2, 0) is 14.8 Å². The highest BCUT2D eigenvalue weighted by atomic mass is 35.5. The number of sulfonamides is 1. The van der Waals surface area contributed by atoms with Crippen molar-refractivity contribution in [2.24, 2.45) is 0 Å². The molecule has 25 heavy (non-hydrogen) atoms. The van der Waals surface area contributed by atoms with Gasteiger partial charge in [0, 0.05) is 16.3 Å². The molecule has 0 saturated heterocycles. The Morgan fingerprint density at radius 3 is 2.28 bits per heavy atom. The van der Waals surface area contributed by atoms with Gasteiger partial charge in [-0.1, -0.05) is 23.2 Å². The average Bonchev–Trinajstić information content (AvgIpc) is 2.55. The number of benzene rings is 2. The molecule has 2 aromatic rings. The lowest BCUT2D eigenvalue weighted by Crippen LogP contribution is -2.29. The fourth-order valence-electron chi connectivity index (χ4n) is 1.84. The number of carbonyl (C=O) groups is 2. The molecule has 0 heterocycles. The van der Waals surface area contributed by atoms with E-state index in [0.29, 0.717) is 0 Å². The minimum Gasteiger partial charge on any atom is -0.480 e. The van der Waals surface area contributed by atoms with Crippen molar-refractivity contribution >= 4 is 50.8 Å². The summed E-state index contributed by atoms with van der Waals surface area (Å²) in [7, 11) is -3.97. The first-order valence-electron chi connectivity index (χ1n) is 6.77. The van der Waals surface area contributed by atoms with E-state index in [1.165, 1.54) is 42.5 Å². The van der Waals surface area contributed by atoms with Crippen LogP contribution >= 0.6 is 23.2 Å². The molecule has 7 nitrogen and oxygen atoms in total. The largest absolute Gasteiger partial charge is 0.480 e. The Morgan fingerprint density at radius 1 is 1.04 bits per heavy atom. The lowest BCUT2D eigenvalue weighted by Gasteiger charge is -2.10. The number of hydrogen-bond donors (Lipinski definition) is 3. The summed E-state index contributed by atoms with van der Waals surface area (Å²) in [6.07, 6.45) is 0. The standard InChI is InChI=1S/C15H12Cl2N2O5S/c16-10-3-6-12(17)13(7-10)25(23,24)19-11-4-1-9(2-5-11)15(22)18-8-14(20)21/h1-7,19H,8H2,(H,18,22)(H,20,21). The number of carboxylic acids is 1. The topological polar surface area (TPSA) is 113 Å². The number of amides is 1. The molecule has 132 valence electrons. The minimum atomic E-state index is -3.97. The molecule has 0 atom stereocenters. The number of carbonyl (C=O) groups excluding carboxylic acids is 1. The Balaban J connectivity index is 2.16. The molecule has 0 saturated carbocycles. The van der Waals surface area contributed by atoms with E-state index in [1.54, 1.807) is 0 Å². The summed E-state index contributed by atoms with van der Waals surface area (Å²) in [5.74, 6) is -1.76. The summed E-state index contributed by atoms with van der Waals surface area (Å²) in [6.45, 7) is -0.513. The van der Waals surface area contributed by atoms with Gasteiger partial charge in [-0.05, 0) is 42.5 Å². The van der Waals surface area contributed by atoms with Gasteiger partial charge in [-0.15, -0.1) is 0 Å². The van der Waals surface area contributed by atoms with Crippen molar-refractivity contribution in [1.82, 2.24) is 5.32 Å². The second-order valence-corrected chi connectivity index (χ2v) is 7.33. The Kier molecular flexibility index (Phi) is 5.89. The summed E-state index contributed by atoms with van der Waals surface area (Å²) in [4.78, 5) is 21.9. The van der Waals surface area contributed by atoms with Crippen LogP contribution in [0.2, 0.25) is 10.0 Å². The number of rotatable bonds is 6. The van der Waals surface area contributed by atoms with Gasteiger partial charge in [-0.25, -0.2) is 8.42 Å². The second-order valence-electron chi connectivity index (χ2n) is 4.83. The smallest absolute Gasteiger partial charge is 0.322 e. The van der Waals surface area contributed by atoms with Crippen LogP contribution in [-0.4, -0.2) is 31.9 Å². The zero-order chi connectivity index (χ0) is 18.6. The van der Waals surface area contributed by atoms with Gasteiger partial charge in [0.2, 0.25) is 0 Å². The van der Waals surface area contributed by atoms with Crippen molar-refractivity contribution < 1.29 is 23.1 Å². The molecule has 2 rings (SSSR count). The molecular formula is C15H12Cl2N2O5S. The van der Waals surface area contributed by atoms with Gasteiger partial charge in [-0.3, -0.25) is 14.3 Å². The molecule has 2 aromatic carbocycles. The zero-order valence-electron chi connectivity index (χ0n) is 12.5. The molecule has 0 fully saturated rings. The Bertz CT molecular complexity index is 914. The third kappa shape index (κ3) is 5.09. The molecule has 0 aliphatic heterocycles. The van der Waals surface area contributed by atoms with Crippen LogP contribution in [0.4, 0.5) is 5.69 Å². The van der Waals surface area contributed by atoms with E-state index in [9.17, 15) is 18.0 Å². The molecule has 0 spiro atoms. The van der Waals surface area contributed by atoms with Crippen LogP contribution in [0.5, 0.6) is 0 Å². The average molecular weight is 403 g/mol. The molecule has 0 aromatic heterocycles. The molecule has 0 aliphatic carbocycles. The quantitative estimate of drug-likeness (QED) is 0.687.